The van der Waals surface area contributed by atoms with Crippen molar-refractivity contribution in [2.75, 3.05) is 13.7 Å². The van der Waals surface area contributed by atoms with Gasteiger partial charge in [0.1, 0.15) is 5.75 Å². The highest BCUT2D eigenvalue weighted by Crippen LogP contribution is 2.18. The number of aromatic nitrogens is 5. The van der Waals surface area contributed by atoms with Crippen molar-refractivity contribution in [3.8, 4) is 17.1 Å². The Hall–Kier alpha value is -3.94. The van der Waals surface area contributed by atoms with Crippen LogP contribution in [0.15, 0.2) is 60.8 Å². The van der Waals surface area contributed by atoms with Gasteiger partial charge in [0.2, 0.25) is 0 Å². The summed E-state index contributed by atoms with van der Waals surface area (Å²) in [4.78, 5) is 12.6. The van der Waals surface area contributed by atoms with E-state index in [0.29, 0.717) is 23.7 Å². The summed E-state index contributed by atoms with van der Waals surface area (Å²) >= 11 is 0. The first kappa shape index (κ1) is 21.3. The van der Waals surface area contributed by atoms with E-state index in [4.69, 9.17) is 4.74 Å². The molecule has 0 aliphatic rings. The molecular weight excluding hydrogens is 404 g/mol. The minimum Gasteiger partial charge on any atom is -0.497 e. The van der Waals surface area contributed by atoms with Gasteiger partial charge in [0, 0.05) is 18.8 Å². The number of carbonyl (C=O) groups is 1. The van der Waals surface area contributed by atoms with Crippen molar-refractivity contribution in [2.45, 2.75) is 26.7 Å². The Balaban J connectivity index is 1.34. The Morgan fingerprint density at radius 3 is 2.62 bits per heavy atom. The van der Waals surface area contributed by atoms with Gasteiger partial charge in [-0.15, -0.1) is 5.10 Å². The average Bonchev–Trinajstić information content (AvgIpc) is 3.39. The van der Waals surface area contributed by atoms with Gasteiger partial charge in [0.15, 0.2) is 5.69 Å². The maximum absolute atomic E-state index is 12.6. The monoisotopic (exact) mass is 430 g/mol. The van der Waals surface area contributed by atoms with E-state index in [1.54, 1.807) is 11.8 Å². The highest BCUT2D eigenvalue weighted by molar-refractivity contribution is 5.93. The normalized spacial score (nSPS) is 10.8. The van der Waals surface area contributed by atoms with Gasteiger partial charge in [0.05, 0.1) is 29.9 Å². The molecule has 2 aromatic carbocycles. The molecule has 0 aliphatic heterocycles. The Bertz CT molecular complexity index is 1210. The van der Waals surface area contributed by atoms with Crippen LogP contribution < -0.4 is 10.1 Å². The fourth-order valence-corrected chi connectivity index (χ4v) is 3.55. The number of amides is 1. The van der Waals surface area contributed by atoms with E-state index in [1.165, 1.54) is 5.56 Å². The maximum Gasteiger partial charge on any atom is 0.273 e. The molecule has 164 valence electrons. The maximum atomic E-state index is 12.6. The molecule has 8 heteroatoms. The second kappa shape index (κ2) is 9.47. The smallest absolute Gasteiger partial charge is 0.273 e. The van der Waals surface area contributed by atoms with E-state index in [-0.39, 0.29) is 5.91 Å². The minimum atomic E-state index is -0.228. The summed E-state index contributed by atoms with van der Waals surface area (Å²) < 4.78 is 8.79. The Morgan fingerprint density at radius 1 is 1.06 bits per heavy atom. The van der Waals surface area contributed by atoms with Crippen LogP contribution in [0.3, 0.4) is 0 Å². The third-order valence-corrected chi connectivity index (χ3v) is 5.34. The molecule has 1 amide bonds. The molecule has 8 nitrogen and oxygen atoms in total. The number of para-hydroxylation sites is 1. The predicted molar refractivity (Wildman–Crippen MR) is 122 cm³/mol. The van der Waals surface area contributed by atoms with Crippen LogP contribution in [0.1, 0.15) is 33.9 Å². The molecule has 2 aromatic heterocycles. The summed E-state index contributed by atoms with van der Waals surface area (Å²) in [5.41, 5.74) is 4.99. The van der Waals surface area contributed by atoms with Crippen LogP contribution in [0.4, 0.5) is 0 Å². The van der Waals surface area contributed by atoms with Gasteiger partial charge >= 0.3 is 0 Å². The summed E-state index contributed by atoms with van der Waals surface area (Å²) in [5, 5.41) is 15.8. The average molecular weight is 431 g/mol. The second-order valence-electron chi connectivity index (χ2n) is 7.52. The van der Waals surface area contributed by atoms with Crippen LogP contribution in [0.25, 0.3) is 11.4 Å². The number of nitrogens with zero attached hydrogens (tertiary/aromatic N) is 5. The molecule has 0 unspecified atom stereocenters. The molecule has 0 atom stereocenters. The fourth-order valence-electron chi connectivity index (χ4n) is 3.55. The summed E-state index contributed by atoms with van der Waals surface area (Å²) in [6, 6.07) is 17.5. The zero-order chi connectivity index (χ0) is 22.5. The molecule has 32 heavy (non-hydrogen) atoms. The topological polar surface area (TPSA) is 86.9 Å². The lowest BCUT2D eigenvalue weighted by atomic mass is 10.1. The zero-order valence-corrected chi connectivity index (χ0v) is 18.4. The van der Waals surface area contributed by atoms with Gasteiger partial charge in [-0.1, -0.05) is 29.5 Å². The van der Waals surface area contributed by atoms with E-state index in [9.17, 15) is 4.79 Å². The first-order valence-electron chi connectivity index (χ1n) is 10.5. The molecule has 0 saturated carbocycles. The highest BCUT2D eigenvalue weighted by Gasteiger charge is 2.17. The van der Waals surface area contributed by atoms with Gasteiger partial charge < -0.3 is 10.1 Å². The Morgan fingerprint density at radius 2 is 1.84 bits per heavy atom. The van der Waals surface area contributed by atoms with E-state index < -0.39 is 0 Å². The first-order valence-corrected chi connectivity index (χ1v) is 10.5. The van der Waals surface area contributed by atoms with Crippen molar-refractivity contribution in [1.82, 2.24) is 30.1 Å². The molecule has 1 N–H and O–H groups in total. The van der Waals surface area contributed by atoms with Gasteiger partial charge in [-0.3, -0.25) is 4.79 Å². The molecule has 0 fully saturated rings. The number of benzene rings is 2. The standard InChI is InChI=1S/C24H26N6O2/c1-17-19(16-29(27-17)20-10-5-4-6-11-20)9-8-14-25-24(31)23-18(2)30(28-26-23)21-12-7-13-22(15-21)32-3/h4-7,10-13,15-16H,8-9,14H2,1-3H3,(H,25,31). The van der Waals surface area contributed by atoms with E-state index >= 15 is 0 Å². The van der Waals surface area contributed by atoms with Crippen LogP contribution in [-0.4, -0.2) is 44.3 Å². The number of nitrogens with one attached hydrogen (secondary N) is 1. The van der Waals surface area contributed by atoms with E-state index in [2.05, 4.69) is 26.9 Å². The van der Waals surface area contributed by atoms with Crippen molar-refractivity contribution in [2.24, 2.45) is 0 Å². The third-order valence-electron chi connectivity index (χ3n) is 5.34. The zero-order valence-electron chi connectivity index (χ0n) is 18.4. The second-order valence-corrected chi connectivity index (χ2v) is 7.52. The molecule has 4 rings (SSSR count). The van der Waals surface area contributed by atoms with Crippen LogP contribution in [0.5, 0.6) is 5.75 Å². The quantitative estimate of drug-likeness (QED) is 0.433. The molecule has 2 heterocycles. The lowest BCUT2D eigenvalue weighted by Gasteiger charge is -2.06. The van der Waals surface area contributed by atoms with Crippen LogP contribution in [-0.2, 0) is 6.42 Å². The van der Waals surface area contributed by atoms with Crippen molar-refractivity contribution in [3.63, 3.8) is 0 Å². The minimum absolute atomic E-state index is 0.228. The highest BCUT2D eigenvalue weighted by atomic mass is 16.5. The van der Waals surface area contributed by atoms with E-state index in [1.807, 2.05) is 73.1 Å². The molecule has 0 aliphatic carbocycles. The van der Waals surface area contributed by atoms with Gasteiger partial charge in [-0.2, -0.15) is 5.10 Å². The number of aryl methyl sites for hydroxylation is 2. The summed E-state index contributed by atoms with van der Waals surface area (Å²) in [7, 11) is 1.61. The molecular formula is C24H26N6O2. The number of hydrogen-bond acceptors (Lipinski definition) is 5. The van der Waals surface area contributed by atoms with Crippen LogP contribution in [0.2, 0.25) is 0 Å². The van der Waals surface area contributed by atoms with Crippen molar-refractivity contribution in [3.05, 3.63) is 83.4 Å². The van der Waals surface area contributed by atoms with Gasteiger partial charge in [-0.25, -0.2) is 9.36 Å². The summed E-state index contributed by atoms with van der Waals surface area (Å²) in [6.07, 6.45) is 3.68. The number of rotatable bonds is 8. The molecule has 0 spiro atoms. The lowest BCUT2D eigenvalue weighted by molar-refractivity contribution is 0.0947. The van der Waals surface area contributed by atoms with Crippen LogP contribution >= 0.6 is 0 Å². The largest absolute Gasteiger partial charge is 0.497 e. The first-order chi connectivity index (χ1) is 15.6. The van der Waals surface area contributed by atoms with Gasteiger partial charge in [0.25, 0.3) is 5.91 Å². The number of carbonyl (C=O) groups excluding carboxylic acids is 1. The fraction of sp³-hybridized carbons (Fsp3) is 0.250. The number of ether oxygens (including phenoxy) is 1. The van der Waals surface area contributed by atoms with Crippen molar-refractivity contribution in [1.29, 1.82) is 0 Å². The molecule has 4 aromatic rings. The van der Waals surface area contributed by atoms with Gasteiger partial charge in [-0.05, 0) is 56.5 Å². The summed E-state index contributed by atoms with van der Waals surface area (Å²) in [6.45, 7) is 4.38. The predicted octanol–water partition coefficient (Wildman–Crippen LogP) is 3.44. The van der Waals surface area contributed by atoms with E-state index in [0.717, 1.165) is 29.9 Å². The van der Waals surface area contributed by atoms with Crippen molar-refractivity contribution < 1.29 is 9.53 Å². The molecule has 0 bridgehead atoms. The summed E-state index contributed by atoms with van der Waals surface area (Å²) in [5.74, 6) is 0.489. The third kappa shape index (κ3) is 4.54. The van der Waals surface area contributed by atoms with Crippen LogP contribution in [0, 0.1) is 13.8 Å². The number of hydrogen-bond donors (Lipinski definition) is 1. The SMILES string of the molecule is COc1cccc(-n2nnc(C(=O)NCCCc3cn(-c4ccccc4)nc3C)c2C)c1. The van der Waals surface area contributed by atoms with Crippen molar-refractivity contribution >= 4 is 5.91 Å². The number of methoxy groups -OCH3 is 1. The lowest BCUT2D eigenvalue weighted by Crippen LogP contribution is -2.26. The Labute approximate surface area is 186 Å². The molecule has 0 radical (unpaired) electrons. The molecule has 0 saturated heterocycles. The Kier molecular flexibility index (Phi) is 6.30.